The van der Waals surface area contributed by atoms with Gasteiger partial charge in [-0.1, -0.05) is 56.4 Å². The fourth-order valence-electron chi connectivity index (χ4n) is 2.40. The Bertz CT molecular complexity index is 513. The number of benzene rings is 1. The molecule has 1 radical (unpaired) electrons. The highest BCUT2D eigenvalue weighted by Gasteiger charge is 2.23. The van der Waals surface area contributed by atoms with Crippen molar-refractivity contribution in [2.75, 3.05) is 0 Å². The Morgan fingerprint density at radius 1 is 1.19 bits per heavy atom. The molecule has 0 heteroatoms. The zero-order valence-electron chi connectivity index (χ0n) is 9.70. The average molecular weight is 207 g/mol. The SMILES string of the molecule is CC(C)c1ccc2c(c1)[C]=C1C=CC=CC12. The fourth-order valence-corrected chi connectivity index (χ4v) is 2.40. The maximum Gasteiger partial charge on any atom is 0.0285 e. The van der Waals surface area contributed by atoms with Gasteiger partial charge in [0.1, 0.15) is 0 Å². The zero-order chi connectivity index (χ0) is 11.1. The van der Waals surface area contributed by atoms with Crippen molar-refractivity contribution in [3.05, 3.63) is 70.8 Å². The minimum atomic E-state index is 0.446. The fraction of sp³-hybridized carbons (Fsp3) is 0.250. The number of hydrogen-bond donors (Lipinski definition) is 0. The Morgan fingerprint density at radius 2 is 2.06 bits per heavy atom. The van der Waals surface area contributed by atoms with E-state index in [1.165, 1.54) is 22.3 Å². The molecule has 0 amide bonds. The van der Waals surface area contributed by atoms with Crippen LogP contribution in [0.3, 0.4) is 0 Å². The van der Waals surface area contributed by atoms with Crippen molar-refractivity contribution >= 4 is 0 Å². The van der Waals surface area contributed by atoms with Gasteiger partial charge in [-0.25, -0.2) is 0 Å². The Balaban J connectivity index is 2.10. The monoisotopic (exact) mass is 207 g/mol. The summed E-state index contributed by atoms with van der Waals surface area (Å²) in [6.45, 7) is 4.47. The van der Waals surface area contributed by atoms with Gasteiger partial charge >= 0.3 is 0 Å². The summed E-state index contributed by atoms with van der Waals surface area (Å²) in [5.74, 6) is 1.03. The molecule has 0 bridgehead atoms. The van der Waals surface area contributed by atoms with Crippen LogP contribution in [0, 0.1) is 6.08 Å². The van der Waals surface area contributed by atoms with Crippen LogP contribution >= 0.6 is 0 Å². The molecule has 1 aromatic rings. The van der Waals surface area contributed by atoms with Crippen LogP contribution < -0.4 is 0 Å². The van der Waals surface area contributed by atoms with E-state index in [0.717, 1.165) is 0 Å². The summed E-state index contributed by atoms with van der Waals surface area (Å²) in [4.78, 5) is 0. The summed E-state index contributed by atoms with van der Waals surface area (Å²) in [6.07, 6.45) is 12.1. The Hall–Kier alpha value is -1.56. The van der Waals surface area contributed by atoms with Gasteiger partial charge in [0, 0.05) is 5.92 Å². The second-order valence-corrected chi connectivity index (χ2v) is 4.80. The lowest BCUT2D eigenvalue weighted by molar-refractivity contribution is 0.864. The topological polar surface area (TPSA) is 0 Å². The summed E-state index contributed by atoms with van der Waals surface area (Å²) in [5.41, 5.74) is 5.39. The molecule has 0 saturated heterocycles. The van der Waals surface area contributed by atoms with Crippen LogP contribution in [0.25, 0.3) is 0 Å². The number of allylic oxidation sites excluding steroid dienone is 5. The van der Waals surface area contributed by atoms with Gasteiger partial charge in [-0.05, 0) is 34.3 Å². The van der Waals surface area contributed by atoms with Gasteiger partial charge in [-0.3, -0.25) is 0 Å². The predicted molar refractivity (Wildman–Crippen MR) is 67.4 cm³/mol. The zero-order valence-corrected chi connectivity index (χ0v) is 9.70. The molecule has 0 spiro atoms. The van der Waals surface area contributed by atoms with Crippen LogP contribution in [-0.4, -0.2) is 0 Å². The van der Waals surface area contributed by atoms with Crippen molar-refractivity contribution in [3.63, 3.8) is 0 Å². The molecular weight excluding hydrogens is 192 g/mol. The molecule has 0 fully saturated rings. The van der Waals surface area contributed by atoms with Crippen molar-refractivity contribution in [3.8, 4) is 0 Å². The summed E-state index contributed by atoms with van der Waals surface area (Å²) >= 11 is 0. The van der Waals surface area contributed by atoms with Crippen LogP contribution in [0.5, 0.6) is 0 Å². The molecule has 2 aliphatic rings. The third-order valence-corrected chi connectivity index (χ3v) is 3.38. The molecule has 0 N–H and O–H groups in total. The van der Waals surface area contributed by atoms with E-state index in [-0.39, 0.29) is 0 Å². The Labute approximate surface area is 97.0 Å². The quantitative estimate of drug-likeness (QED) is 0.650. The van der Waals surface area contributed by atoms with E-state index < -0.39 is 0 Å². The predicted octanol–water partition coefficient (Wildman–Crippen LogP) is 4.11. The van der Waals surface area contributed by atoms with Crippen molar-refractivity contribution in [2.24, 2.45) is 0 Å². The third-order valence-electron chi connectivity index (χ3n) is 3.38. The van der Waals surface area contributed by atoms with Gasteiger partial charge in [0.25, 0.3) is 0 Å². The lowest BCUT2D eigenvalue weighted by Crippen LogP contribution is -1.96. The smallest absolute Gasteiger partial charge is 0.0285 e. The molecule has 0 aromatic heterocycles. The Kier molecular flexibility index (Phi) is 2.10. The van der Waals surface area contributed by atoms with Gasteiger partial charge < -0.3 is 0 Å². The second-order valence-electron chi connectivity index (χ2n) is 4.80. The first kappa shape index (κ1) is 9.65. The van der Waals surface area contributed by atoms with Crippen LogP contribution in [0.1, 0.15) is 42.4 Å². The van der Waals surface area contributed by atoms with E-state index in [1.54, 1.807) is 0 Å². The lowest BCUT2D eigenvalue weighted by Gasteiger charge is -2.13. The molecule has 3 rings (SSSR count). The molecule has 0 saturated carbocycles. The molecule has 1 atom stereocenters. The molecule has 2 aliphatic carbocycles. The van der Waals surface area contributed by atoms with Crippen molar-refractivity contribution < 1.29 is 0 Å². The maximum atomic E-state index is 3.51. The number of hydrogen-bond acceptors (Lipinski definition) is 0. The molecule has 0 aliphatic heterocycles. The lowest BCUT2D eigenvalue weighted by atomic mass is 9.91. The summed E-state index contributed by atoms with van der Waals surface area (Å²) in [7, 11) is 0. The van der Waals surface area contributed by atoms with E-state index in [9.17, 15) is 0 Å². The maximum absolute atomic E-state index is 3.51. The van der Waals surface area contributed by atoms with Crippen molar-refractivity contribution in [1.82, 2.24) is 0 Å². The van der Waals surface area contributed by atoms with E-state index in [2.05, 4.69) is 62.4 Å². The highest BCUT2D eigenvalue weighted by Crippen LogP contribution is 2.39. The van der Waals surface area contributed by atoms with E-state index in [0.29, 0.717) is 11.8 Å². The van der Waals surface area contributed by atoms with Crippen LogP contribution in [0.2, 0.25) is 0 Å². The third kappa shape index (κ3) is 1.37. The largest absolute Gasteiger partial charge is 0.0726 e. The first-order valence-electron chi connectivity index (χ1n) is 5.88. The molecule has 79 valence electrons. The first-order chi connectivity index (χ1) is 7.75. The highest BCUT2D eigenvalue weighted by molar-refractivity contribution is 5.56. The molecule has 1 unspecified atom stereocenters. The summed E-state index contributed by atoms with van der Waals surface area (Å²) < 4.78 is 0. The van der Waals surface area contributed by atoms with E-state index in [4.69, 9.17) is 0 Å². The van der Waals surface area contributed by atoms with Crippen LogP contribution in [0.4, 0.5) is 0 Å². The van der Waals surface area contributed by atoms with Gasteiger partial charge in [0.2, 0.25) is 0 Å². The van der Waals surface area contributed by atoms with Crippen molar-refractivity contribution in [1.29, 1.82) is 0 Å². The molecule has 0 heterocycles. The minimum Gasteiger partial charge on any atom is -0.0726 e. The first-order valence-corrected chi connectivity index (χ1v) is 5.88. The summed E-state index contributed by atoms with van der Waals surface area (Å²) in [5, 5.41) is 0. The number of rotatable bonds is 1. The van der Waals surface area contributed by atoms with Crippen molar-refractivity contribution in [2.45, 2.75) is 25.7 Å². The van der Waals surface area contributed by atoms with Gasteiger partial charge in [0.05, 0.1) is 0 Å². The molecule has 16 heavy (non-hydrogen) atoms. The van der Waals surface area contributed by atoms with E-state index >= 15 is 0 Å². The highest BCUT2D eigenvalue weighted by atomic mass is 14.3. The molecular formula is C16H15. The Morgan fingerprint density at radius 3 is 2.88 bits per heavy atom. The average Bonchev–Trinajstić information content (AvgIpc) is 2.66. The second kappa shape index (κ2) is 3.48. The molecule has 1 aromatic carbocycles. The van der Waals surface area contributed by atoms with Crippen LogP contribution in [-0.2, 0) is 0 Å². The summed E-state index contributed by atoms with van der Waals surface area (Å²) in [6, 6.07) is 6.80. The van der Waals surface area contributed by atoms with Gasteiger partial charge in [-0.15, -0.1) is 0 Å². The van der Waals surface area contributed by atoms with Gasteiger partial charge in [-0.2, -0.15) is 0 Å². The van der Waals surface area contributed by atoms with Gasteiger partial charge in [0.15, 0.2) is 0 Å². The normalized spacial score (nSPS) is 20.9. The van der Waals surface area contributed by atoms with E-state index in [1.807, 2.05) is 0 Å². The minimum absolute atomic E-state index is 0.446. The van der Waals surface area contributed by atoms with Crippen LogP contribution in [0.15, 0.2) is 48.1 Å². The standard InChI is InChI=1S/C16H15/c1-11(2)12-7-8-16-14(9-12)10-13-5-3-4-6-15(13)16/h3-9,11,15H,1-2H3. The molecule has 0 nitrogen and oxygen atoms in total. The number of fused-ring (bicyclic) bond motifs is 3.